The highest BCUT2D eigenvalue weighted by Crippen LogP contribution is 2.31. The molecule has 0 radical (unpaired) electrons. The van der Waals surface area contributed by atoms with E-state index >= 15 is 0 Å². The summed E-state index contributed by atoms with van der Waals surface area (Å²) >= 11 is 6.03. The molecule has 5 nitrogen and oxygen atoms in total. The first-order valence-electron chi connectivity index (χ1n) is 12.1. The van der Waals surface area contributed by atoms with Crippen LogP contribution in [0.4, 0.5) is 16.2 Å². The maximum atomic E-state index is 13.1. The molecular weight excluding hydrogens is 450 g/mol. The van der Waals surface area contributed by atoms with Crippen molar-refractivity contribution < 1.29 is 19.1 Å². The minimum absolute atomic E-state index is 0.000409. The van der Waals surface area contributed by atoms with Crippen LogP contribution in [0.5, 0.6) is 0 Å². The van der Waals surface area contributed by atoms with Crippen molar-refractivity contribution in [1.82, 2.24) is 0 Å². The molecule has 0 heterocycles. The molecule has 0 aromatic heterocycles. The molecule has 0 saturated heterocycles. The minimum atomic E-state index is -0.392. The predicted molar refractivity (Wildman–Crippen MR) is 137 cm³/mol. The van der Waals surface area contributed by atoms with E-state index in [1.165, 1.54) is 0 Å². The summed E-state index contributed by atoms with van der Waals surface area (Å²) in [5.41, 5.74) is 1.46. The average molecular weight is 486 g/mol. The number of rotatable bonds is 9. The Morgan fingerprint density at radius 1 is 0.882 bits per heavy atom. The summed E-state index contributed by atoms with van der Waals surface area (Å²) in [7, 11) is 0. The summed E-state index contributed by atoms with van der Waals surface area (Å²) in [6, 6.07) is 16.6. The molecule has 0 spiro atoms. The summed E-state index contributed by atoms with van der Waals surface area (Å²) < 4.78 is 11.5. The van der Waals surface area contributed by atoms with E-state index in [1.807, 2.05) is 42.5 Å². The van der Waals surface area contributed by atoms with Crippen LogP contribution in [0.3, 0.4) is 0 Å². The second-order valence-electron chi connectivity index (χ2n) is 10.4. The molecule has 3 rings (SSSR count). The number of ether oxygens (including phenoxy) is 2. The Hall–Kier alpha value is -2.37. The molecule has 184 valence electrons. The summed E-state index contributed by atoms with van der Waals surface area (Å²) in [6.07, 6.45) is 4.18. The molecule has 0 N–H and O–H groups in total. The summed E-state index contributed by atoms with van der Waals surface area (Å²) in [6.45, 7) is 7.41. The zero-order valence-electron chi connectivity index (χ0n) is 20.5. The highest BCUT2D eigenvalue weighted by molar-refractivity contribution is 6.30. The topological polar surface area (TPSA) is 55.8 Å². The van der Waals surface area contributed by atoms with Crippen LogP contribution in [-0.2, 0) is 14.3 Å². The Labute approximate surface area is 208 Å². The number of nitrogens with zero attached hydrogens (tertiary/aromatic N) is 1. The second kappa shape index (κ2) is 12.4. The van der Waals surface area contributed by atoms with Gasteiger partial charge in [-0.3, -0.25) is 4.79 Å². The maximum Gasteiger partial charge on any atom is 0.418 e. The van der Waals surface area contributed by atoms with Crippen LogP contribution >= 0.6 is 11.6 Å². The Morgan fingerprint density at radius 2 is 1.44 bits per heavy atom. The molecule has 0 aliphatic heterocycles. The smallest absolute Gasteiger partial charge is 0.418 e. The van der Waals surface area contributed by atoms with Crippen LogP contribution in [0.1, 0.15) is 52.9 Å². The largest absolute Gasteiger partial charge is 0.449 e. The fourth-order valence-corrected chi connectivity index (χ4v) is 4.45. The van der Waals surface area contributed by atoms with Gasteiger partial charge in [-0.05, 0) is 79.3 Å². The number of para-hydroxylation sites is 1. The lowest BCUT2D eigenvalue weighted by atomic mass is 9.83. The van der Waals surface area contributed by atoms with E-state index < -0.39 is 6.09 Å². The molecule has 0 atom stereocenters. The third kappa shape index (κ3) is 8.44. The number of hydrogen-bond donors (Lipinski definition) is 0. The van der Waals surface area contributed by atoms with Crippen molar-refractivity contribution in [3.63, 3.8) is 0 Å². The quantitative estimate of drug-likeness (QED) is 0.370. The van der Waals surface area contributed by atoms with Crippen molar-refractivity contribution >= 4 is 34.9 Å². The third-order valence-corrected chi connectivity index (χ3v) is 6.29. The predicted octanol–water partition coefficient (Wildman–Crippen LogP) is 7.44. The normalized spacial score (nSPS) is 18.4. The van der Waals surface area contributed by atoms with E-state index in [4.69, 9.17) is 21.1 Å². The van der Waals surface area contributed by atoms with E-state index in [-0.39, 0.29) is 17.8 Å². The van der Waals surface area contributed by atoms with E-state index in [2.05, 4.69) is 20.8 Å². The first-order valence-corrected chi connectivity index (χ1v) is 12.5. The van der Waals surface area contributed by atoms with E-state index in [0.29, 0.717) is 42.2 Å². The maximum absolute atomic E-state index is 13.1. The van der Waals surface area contributed by atoms with Crippen LogP contribution in [0, 0.1) is 17.3 Å². The summed E-state index contributed by atoms with van der Waals surface area (Å²) in [5, 5.41) is 0.615. The molecule has 1 amide bonds. The molecule has 2 aromatic carbocycles. The number of hydrogen-bond acceptors (Lipinski definition) is 4. The number of Topliss-reactive ketones (excluding diaryl/α,β-unsaturated/α-hetero) is 1. The van der Waals surface area contributed by atoms with Gasteiger partial charge in [0.1, 0.15) is 6.61 Å². The first kappa shape index (κ1) is 26.2. The lowest BCUT2D eigenvalue weighted by Gasteiger charge is -2.29. The van der Waals surface area contributed by atoms with Gasteiger partial charge in [-0.2, -0.15) is 0 Å². The lowest BCUT2D eigenvalue weighted by Crippen LogP contribution is -2.30. The number of halogens is 1. The molecule has 6 heteroatoms. The Kier molecular flexibility index (Phi) is 9.54. The monoisotopic (exact) mass is 485 g/mol. The van der Waals surface area contributed by atoms with Gasteiger partial charge in [-0.15, -0.1) is 0 Å². The highest BCUT2D eigenvalue weighted by Gasteiger charge is 2.25. The Morgan fingerprint density at radius 3 is 2.03 bits per heavy atom. The molecular formula is C28H36ClNO4. The van der Waals surface area contributed by atoms with Gasteiger partial charge in [0.05, 0.1) is 18.0 Å². The highest BCUT2D eigenvalue weighted by atomic mass is 35.5. The summed E-state index contributed by atoms with van der Waals surface area (Å²) in [5.74, 6) is 0.964. The zero-order chi connectivity index (χ0) is 24.6. The van der Waals surface area contributed by atoms with Crippen molar-refractivity contribution in [2.75, 3.05) is 24.7 Å². The molecule has 2 aromatic rings. The van der Waals surface area contributed by atoms with Gasteiger partial charge in [0.25, 0.3) is 0 Å². The zero-order valence-corrected chi connectivity index (χ0v) is 21.2. The van der Waals surface area contributed by atoms with Crippen LogP contribution in [0.25, 0.3) is 0 Å². The standard InChI is InChI=1S/C28H36ClNO4/c1-28(2,3)17-26(31)20-33-18-21-9-11-22(12-10-21)19-34-27(32)30(24-7-5-4-6-8-24)25-15-13-23(29)14-16-25/h4-8,13-16,21-22H,9-12,17-20H2,1-3H3. The van der Waals surface area contributed by atoms with Crippen LogP contribution in [-0.4, -0.2) is 31.7 Å². The first-order chi connectivity index (χ1) is 16.2. The van der Waals surface area contributed by atoms with Gasteiger partial charge < -0.3 is 9.47 Å². The van der Waals surface area contributed by atoms with Crippen LogP contribution < -0.4 is 4.90 Å². The average Bonchev–Trinajstić information content (AvgIpc) is 2.79. The third-order valence-electron chi connectivity index (χ3n) is 6.03. The van der Waals surface area contributed by atoms with Gasteiger partial charge in [-0.25, -0.2) is 9.69 Å². The van der Waals surface area contributed by atoms with Crippen molar-refractivity contribution in [2.24, 2.45) is 17.3 Å². The van der Waals surface area contributed by atoms with E-state index in [9.17, 15) is 9.59 Å². The van der Waals surface area contributed by atoms with Crippen molar-refractivity contribution in [3.05, 3.63) is 59.6 Å². The van der Waals surface area contributed by atoms with Crippen molar-refractivity contribution in [2.45, 2.75) is 52.9 Å². The molecule has 1 fully saturated rings. The molecule has 1 aliphatic rings. The van der Waals surface area contributed by atoms with Crippen molar-refractivity contribution in [3.8, 4) is 0 Å². The van der Waals surface area contributed by atoms with Gasteiger partial charge in [-0.1, -0.05) is 50.6 Å². The molecule has 34 heavy (non-hydrogen) atoms. The Bertz CT molecular complexity index is 916. The van der Waals surface area contributed by atoms with E-state index in [1.54, 1.807) is 17.0 Å². The molecule has 0 bridgehead atoms. The fraction of sp³-hybridized carbons (Fsp3) is 0.500. The van der Waals surface area contributed by atoms with Gasteiger partial charge in [0.15, 0.2) is 5.78 Å². The number of carbonyl (C=O) groups is 2. The van der Waals surface area contributed by atoms with Gasteiger partial charge in [0.2, 0.25) is 0 Å². The molecule has 0 unspecified atom stereocenters. The number of amides is 1. The van der Waals surface area contributed by atoms with Gasteiger partial charge in [0, 0.05) is 18.1 Å². The number of benzene rings is 2. The van der Waals surface area contributed by atoms with E-state index in [0.717, 1.165) is 31.4 Å². The van der Waals surface area contributed by atoms with Crippen molar-refractivity contribution in [1.29, 1.82) is 0 Å². The molecule has 1 aliphatic carbocycles. The Balaban J connectivity index is 1.45. The number of anilines is 2. The van der Waals surface area contributed by atoms with Crippen LogP contribution in [0.2, 0.25) is 5.02 Å². The SMILES string of the molecule is CC(C)(C)CC(=O)COCC1CCC(COC(=O)N(c2ccccc2)c2ccc(Cl)cc2)CC1. The fourth-order valence-electron chi connectivity index (χ4n) is 4.33. The molecule has 1 saturated carbocycles. The number of carbonyl (C=O) groups excluding carboxylic acids is 2. The summed E-state index contributed by atoms with van der Waals surface area (Å²) in [4.78, 5) is 26.6. The number of ketones is 1. The van der Waals surface area contributed by atoms with Crippen LogP contribution in [0.15, 0.2) is 54.6 Å². The minimum Gasteiger partial charge on any atom is -0.449 e. The lowest BCUT2D eigenvalue weighted by molar-refractivity contribution is -0.125. The second-order valence-corrected chi connectivity index (χ2v) is 10.8. The van der Waals surface area contributed by atoms with Gasteiger partial charge >= 0.3 is 6.09 Å².